The van der Waals surface area contributed by atoms with E-state index in [1.54, 1.807) is 0 Å². The number of nitrogens with zero attached hydrogens (tertiary/aromatic N) is 1. The minimum absolute atomic E-state index is 0.719. The zero-order valence-electron chi connectivity index (χ0n) is 9.88. The Labute approximate surface area is 83.5 Å². The summed E-state index contributed by atoms with van der Waals surface area (Å²) in [5.41, 5.74) is 0. The van der Waals surface area contributed by atoms with Gasteiger partial charge in [0.25, 0.3) is 0 Å². The van der Waals surface area contributed by atoms with E-state index in [2.05, 4.69) is 39.5 Å². The molecule has 0 amide bonds. The molecule has 1 unspecified atom stereocenters. The van der Waals surface area contributed by atoms with E-state index in [4.69, 9.17) is 0 Å². The second-order valence-electron chi connectivity index (χ2n) is 5.22. The number of likely N-dealkylation sites (tertiary alicyclic amines) is 1. The molecule has 1 fully saturated rings. The number of hydrogen-bond acceptors (Lipinski definition) is 1. The van der Waals surface area contributed by atoms with E-state index in [1.165, 1.54) is 19.4 Å². The van der Waals surface area contributed by atoms with Crippen LogP contribution in [-0.4, -0.2) is 23.5 Å². The highest BCUT2D eigenvalue weighted by molar-refractivity contribution is 4.82. The van der Waals surface area contributed by atoms with Crippen LogP contribution in [-0.2, 0) is 0 Å². The van der Waals surface area contributed by atoms with Gasteiger partial charge in [-0.05, 0) is 45.4 Å². The molecule has 0 N–H and O–H groups in total. The van der Waals surface area contributed by atoms with Crippen LogP contribution in [0.15, 0.2) is 0 Å². The molecule has 1 heteroatoms. The fourth-order valence-electron chi connectivity index (χ4n) is 2.43. The first-order chi connectivity index (χ1) is 6.02. The summed E-state index contributed by atoms with van der Waals surface area (Å²) in [4.78, 5) is 2.66. The van der Waals surface area contributed by atoms with Crippen molar-refractivity contribution in [1.82, 2.24) is 4.90 Å². The van der Waals surface area contributed by atoms with Crippen LogP contribution in [0.1, 0.15) is 47.5 Å². The van der Waals surface area contributed by atoms with Crippen LogP contribution in [0.5, 0.6) is 0 Å². The van der Waals surface area contributed by atoms with E-state index >= 15 is 0 Å². The molecular formula is C12H25N. The SMILES string of the molecule is CC(C)[C@@H]1CCC(C)N(C(C)C)C1. The molecule has 1 saturated heterocycles. The lowest BCUT2D eigenvalue weighted by atomic mass is 9.85. The monoisotopic (exact) mass is 183 g/mol. The Bertz CT molecular complexity index is 151. The second-order valence-corrected chi connectivity index (χ2v) is 5.22. The van der Waals surface area contributed by atoms with Gasteiger partial charge in [-0.15, -0.1) is 0 Å². The topological polar surface area (TPSA) is 3.24 Å². The van der Waals surface area contributed by atoms with Gasteiger partial charge >= 0.3 is 0 Å². The maximum absolute atomic E-state index is 2.66. The molecule has 1 rings (SSSR count). The van der Waals surface area contributed by atoms with E-state index < -0.39 is 0 Å². The molecule has 13 heavy (non-hydrogen) atoms. The minimum atomic E-state index is 0.719. The van der Waals surface area contributed by atoms with Crippen molar-refractivity contribution in [2.24, 2.45) is 11.8 Å². The van der Waals surface area contributed by atoms with E-state index in [0.717, 1.165) is 23.9 Å². The molecule has 1 nitrogen and oxygen atoms in total. The predicted molar refractivity (Wildman–Crippen MR) is 58.9 cm³/mol. The Morgan fingerprint density at radius 2 is 1.69 bits per heavy atom. The van der Waals surface area contributed by atoms with E-state index in [0.29, 0.717) is 0 Å². The first-order valence-electron chi connectivity index (χ1n) is 5.78. The first kappa shape index (κ1) is 11.0. The van der Waals surface area contributed by atoms with E-state index in [-0.39, 0.29) is 0 Å². The molecule has 78 valence electrons. The van der Waals surface area contributed by atoms with Crippen LogP contribution in [0.4, 0.5) is 0 Å². The molecule has 0 aromatic rings. The van der Waals surface area contributed by atoms with Gasteiger partial charge in [-0.25, -0.2) is 0 Å². The van der Waals surface area contributed by atoms with Crippen LogP contribution >= 0.6 is 0 Å². The van der Waals surface area contributed by atoms with Crippen molar-refractivity contribution < 1.29 is 0 Å². The molecule has 0 aromatic heterocycles. The summed E-state index contributed by atoms with van der Waals surface area (Å²) in [6.07, 6.45) is 2.82. The number of piperidine rings is 1. The summed E-state index contributed by atoms with van der Waals surface area (Å²) >= 11 is 0. The van der Waals surface area contributed by atoms with Crippen molar-refractivity contribution >= 4 is 0 Å². The predicted octanol–water partition coefficient (Wildman–Crippen LogP) is 3.15. The molecule has 0 aliphatic carbocycles. The Kier molecular flexibility index (Phi) is 3.78. The van der Waals surface area contributed by atoms with Gasteiger partial charge in [0.1, 0.15) is 0 Å². The highest BCUT2D eigenvalue weighted by Gasteiger charge is 2.28. The summed E-state index contributed by atoms with van der Waals surface area (Å²) < 4.78 is 0. The highest BCUT2D eigenvalue weighted by Crippen LogP contribution is 2.28. The minimum Gasteiger partial charge on any atom is -0.298 e. The van der Waals surface area contributed by atoms with Crippen molar-refractivity contribution in [2.75, 3.05) is 6.54 Å². The molecule has 1 aliphatic rings. The fraction of sp³-hybridized carbons (Fsp3) is 1.00. The average Bonchev–Trinajstić information content (AvgIpc) is 2.04. The Balaban J connectivity index is 2.53. The maximum Gasteiger partial charge on any atom is 0.00698 e. The Morgan fingerprint density at radius 1 is 1.08 bits per heavy atom. The van der Waals surface area contributed by atoms with Crippen molar-refractivity contribution in [3.8, 4) is 0 Å². The molecular weight excluding hydrogens is 158 g/mol. The van der Waals surface area contributed by atoms with Gasteiger partial charge in [0.2, 0.25) is 0 Å². The van der Waals surface area contributed by atoms with Gasteiger partial charge in [-0.1, -0.05) is 13.8 Å². The van der Waals surface area contributed by atoms with E-state index in [1.807, 2.05) is 0 Å². The van der Waals surface area contributed by atoms with Crippen molar-refractivity contribution in [2.45, 2.75) is 59.5 Å². The van der Waals surface area contributed by atoms with Gasteiger partial charge in [0.15, 0.2) is 0 Å². The van der Waals surface area contributed by atoms with Crippen molar-refractivity contribution in [3.63, 3.8) is 0 Å². The first-order valence-corrected chi connectivity index (χ1v) is 5.78. The van der Waals surface area contributed by atoms with E-state index in [9.17, 15) is 0 Å². The molecule has 0 radical (unpaired) electrons. The normalized spacial score (nSPS) is 31.6. The standard InChI is InChI=1S/C12H25N/c1-9(2)12-7-6-11(5)13(8-12)10(3)4/h9-12H,6-8H2,1-5H3/t11?,12-/m1/s1. The second kappa shape index (κ2) is 4.45. The quantitative estimate of drug-likeness (QED) is 0.635. The van der Waals surface area contributed by atoms with Gasteiger partial charge in [-0.3, -0.25) is 4.90 Å². The van der Waals surface area contributed by atoms with Gasteiger partial charge in [0, 0.05) is 18.6 Å². The largest absolute Gasteiger partial charge is 0.298 e. The lowest BCUT2D eigenvalue weighted by molar-refractivity contribution is 0.0691. The fourth-order valence-corrected chi connectivity index (χ4v) is 2.43. The lowest BCUT2D eigenvalue weighted by Gasteiger charge is -2.42. The molecule has 0 spiro atoms. The third-order valence-electron chi connectivity index (χ3n) is 3.57. The van der Waals surface area contributed by atoms with Gasteiger partial charge in [0.05, 0.1) is 0 Å². The number of hydrogen-bond donors (Lipinski definition) is 0. The molecule has 0 aromatic carbocycles. The summed E-state index contributed by atoms with van der Waals surface area (Å²) in [5.74, 6) is 1.78. The summed E-state index contributed by atoms with van der Waals surface area (Å²) in [6, 6.07) is 1.52. The molecule has 1 heterocycles. The summed E-state index contributed by atoms with van der Waals surface area (Å²) in [5, 5.41) is 0. The summed E-state index contributed by atoms with van der Waals surface area (Å²) in [7, 11) is 0. The van der Waals surface area contributed by atoms with Crippen molar-refractivity contribution in [3.05, 3.63) is 0 Å². The molecule has 0 bridgehead atoms. The van der Waals surface area contributed by atoms with Gasteiger partial charge < -0.3 is 0 Å². The molecule has 0 saturated carbocycles. The zero-order valence-corrected chi connectivity index (χ0v) is 9.88. The zero-order chi connectivity index (χ0) is 10.0. The Hall–Kier alpha value is -0.0400. The number of rotatable bonds is 2. The lowest BCUT2D eigenvalue weighted by Crippen LogP contribution is -2.46. The van der Waals surface area contributed by atoms with Crippen LogP contribution in [0.3, 0.4) is 0 Å². The molecule has 1 aliphatic heterocycles. The highest BCUT2D eigenvalue weighted by atomic mass is 15.2. The summed E-state index contributed by atoms with van der Waals surface area (Å²) in [6.45, 7) is 13.0. The Morgan fingerprint density at radius 3 is 2.15 bits per heavy atom. The van der Waals surface area contributed by atoms with Crippen molar-refractivity contribution in [1.29, 1.82) is 0 Å². The van der Waals surface area contributed by atoms with Crippen LogP contribution in [0, 0.1) is 11.8 Å². The maximum atomic E-state index is 2.66. The molecule has 2 atom stereocenters. The van der Waals surface area contributed by atoms with Crippen LogP contribution in [0.2, 0.25) is 0 Å². The van der Waals surface area contributed by atoms with Gasteiger partial charge in [-0.2, -0.15) is 0 Å². The average molecular weight is 183 g/mol. The third-order valence-corrected chi connectivity index (χ3v) is 3.57. The van der Waals surface area contributed by atoms with Crippen LogP contribution < -0.4 is 0 Å². The third kappa shape index (κ3) is 2.70. The smallest absolute Gasteiger partial charge is 0.00698 e. The van der Waals surface area contributed by atoms with Crippen LogP contribution in [0.25, 0.3) is 0 Å².